The molecule has 0 bridgehead atoms. The number of nitrogens with two attached hydrogens (primary N) is 1. The van der Waals surface area contributed by atoms with Crippen LogP contribution in [0.1, 0.15) is 39.5 Å². The molecule has 0 aliphatic carbocycles. The lowest BCUT2D eigenvalue weighted by atomic mass is 9.78. The van der Waals surface area contributed by atoms with Crippen LogP contribution in [-0.4, -0.2) is 10.9 Å². The molecule has 0 radical (unpaired) electrons. The second-order valence-corrected chi connectivity index (χ2v) is 6.32. The summed E-state index contributed by atoms with van der Waals surface area (Å²) in [7, 11) is 0. The second kappa shape index (κ2) is 7.84. The number of rotatable bonds is 7. The van der Waals surface area contributed by atoms with Crippen molar-refractivity contribution in [1.29, 1.82) is 0 Å². The summed E-state index contributed by atoms with van der Waals surface area (Å²) in [6, 6.07) is 4.33. The van der Waals surface area contributed by atoms with Crippen molar-refractivity contribution in [2.45, 2.75) is 39.5 Å². The Kier molecular flexibility index (Phi) is 6.74. The number of carbonyl (C=O) groups excluding carboxylic acids is 1. The number of hydrogen-bond acceptors (Lipinski definition) is 2. The van der Waals surface area contributed by atoms with Crippen molar-refractivity contribution in [3.05, 3.63) is 28.5 Å². The third-order valence-corrected chi connectivity index (χ3v) is 4.44. The molecule has 0 fully saturated rings. The first kappa shape index (κ1) is 18.0. The minimum atomic E-state index is -0.848. The smallest absolute Gasteiger partial charge is 0.237 e. The van der Waals surface area contributed by atoms with E-state index in [0.29, 0.717) is 23.0 Å². The maximum Gasteiger partial charge on any atom is 0.237 e. The summed E-state index contributed by atoms with van der Waals surface area (Å²) in [4.78, 5) is 12.9. The van der Waals surface area contributed by atoms with E-state index in [1.807, 2.05) is 13.8 Å². The van der Waals surface area contributed by atoms with Crippen LogP contribution in [0.2, 0.25) is 0 Å². The fourth-order valence-corrected chi connectivity index (χ4v) is 3.06. The topological polar surface area (TPSA) is 55.1 Å². The zero-order valence-electron chi connectivity index (χ0n) is 12.2. The molecule has 3 N–H and O–H groups in total. The Balaban J connectivity index is 3.04. The lowest BCUT2D eigenvalue weighted by molar-refractivity contribution is -0.122. The summed E-state index contributed by atoms with van der Waals surface area (Å²) in [5, 5.41) is 2.80. The van der Waals surface area contributed by atoms with Gasteiger partial charge in [-0.1, -0.05) is 38.9 Å². The number of benzene rings is 1. The fraction of sp³-hybridized carbons (Fsp3) is 0.467. The Morgan fingerprint density at radius 2 is 1.95 bits per heavy atom. The highest BCUT2D eigenvalue weighted by Gasteiger charge is 2.39. The monoisotopic (exact) mass is 374 g/mol. The molecule has 0 heterocycles. The van der Waals surface area contributed by atoms with E-state index in [2.05, 4.69) is 21.2 Å². The van der Waals surface area contributed by atoms with E-state index in [4.69, 9.17) is 18.0 Å². The van der Waals surface area contributed by atoms with Gasteiger partial charge in [0.15, 0.2) is 0 Å². The number of carbonyl (C=O) groups is 1. The average Bonchev–Trinajstić information content (AvgIpc) is 2.42. The van der Waals surface area contributed by atoms with Crippen molar-refractivity contribution >= 4 is 44.7 Å². The molecule has 0 atom stereocenters. The minimum Gasteiger partial charge on any atom is -0.392 e. The van der Waals surface area contributed by atoms with E-state index in [1.54, 1.807) is 0 Å². The Morgan fingerprint density at radius 1 is 1.38 bits per heavy atom. The van der Waals surface area contributed by atoms with Crippen LogP contribution < -0.4 is 11.1 Å². The maximum absolute atomic E-state index is 13.2. The molecule has 0 unspecified atom stereocenters. The van der Waals surface area contributed by atoms with Crippen LogP contribution in [0, 0.1) is 11.2 Å². The van der Waals surface area contributed by atoms with E-state index < -0.39 is 5.41 Å². The second-order valence-electron chi connectivity index (χ2n) is 5.03. The van der Waals surface area contributed by atoms with Gasteiger partial charge < -0.3 is 11.1 Å². The first-order chi connectivity index (χ1) is 9.87. The van der Waals surface area contributed by atoms with Crippen molar-refractivity contribution in [2.24, 2.45) is 11.1 Å². The highest BCUT2D eigenvalue weighted by molar-refractivity contribution is 9.10. The van der Waals surface area contributed by atoms with Crippen LogP contribution >= 0.6 is 28.1 Å². The molecule has 6 heteroatoms. The average molecular weight is 375 g/mol. The van der Waals surface area contributed by atoms with E-state index in [1.165, 1.54) is 18.2 Å². The molecule has 0 saturated heterocycles. The van der Waals surface area contributed by atoms with Crippen LogP contribution in [0.25, 0.3) is 0 Å². The summed E-state index contributed by atoms with van der Waals surface area (Å²) < 4.78 is 13.5. The third-order valence-electron chi connectivity index (χ3n) is 3.44. The van der Waals surface area contributed by atoms with Gasteiger partial charge in [0.1, 0.15) is 5.82 Å². The van der Waals surface area contributed by atoms with Crippen LogP contribution in [0.3, 0.4) is 0 Å². The highest BCUT2D eigenvalue weighted by Crippen LogP contribution is 2.32. The lowest BCUT2D eigenvalue weighted by Crippen LogP contribution is -2.46. The Morgan fingerprint density at radius 3 is 2.38 bits per heavy atom. The normalized spacial score (nSPS) is 11.2. The van der Waals surface area contributed by atoms with Gasteiger partial charge >= 0.3 is 0 Å². The Labute approximate surface area is 138 Å². The molecule has 3 nitrogen and oxygen atoms in total. The Bertz CT molecular complexity index is 530. The van der Waals surface area contributed by atoms with Crippen molar-refractivity contribution in [2.75, 3.05) is 5.32 Å². The van der Waals surface area contributed by atoms with E-state index in [0.717, 1.165) is 12.8 Å². The summed E-state index contributed by atoms with van der Waals surface area (Å²) in [5.41, 5.74) is 5.52. The standard InChI is InChI=1S/C15H20BrFN2OS/c1-3-7-15(8-4-2,13(18)21)14(20)19-10-5-6-12(17)11(16)9-10/h5-6,9H,3-4,7-8H2,1-2H3,(H2,18,21)(H,19,20). The van der Waals surface area contributed by atoms with Gasteiger partial charge in [-0.25, -0.2) is 4.39 Å². The number of thiocarbonyl (C=S) groups is 1. The number of amides is 1. The first-order valence-corrected chi connectivity index (χ1v) is 8.14. The third kappa shape index (κ3) is 4.23. The SMILES string of the molecule is CCCC(CCC)(C(=O)Nc1ccc(F)c(Br)c1)C(N)=S. The van der Waals surface area contributed by atoms with Crippen molar-refractivity contribution in [1.82, 2.24) is 0 Å². The zero-order valence-corrected chi connectivity index (χ0v) is 14.6. The van der Waals surface area contributed by atoms with Gasteiger partial charge in [-0.2, -0.15) is 0 Å². The molecule has 0 aliphatic rings. The fourth-order valence-electron chi connectivity index (χ4n) is 2.39. The molecule has 116 valence electrons. The maximum atomic E-state index is 13.2. The van der Waals surface area contributed by atoms with Crippen LogP contribution in [0.15, 0.2) is 22.7 Å². The molecule has 1 aromatic carbocycles. The van der Waals surface area contributed by atoms with Crippen LogP contribution in [-0.2, 0) is 4.79 Å². The van der Waals surface area contributed by atoms with Gasteiger partial charge in [0.05, 0.1) is 14.9 Å². The number of hydrogen-bond donors (Lipinski definition) is 2. The number of halogens is 2. The molecule has 0 spiro atoms. The largest absolute Gasteiger partial charge is 0.392 e. The summed E-state index contributed by atoms with van der Waals surface area (Å²) in [5.74, 6) is -0.604. The predicted octanol–water partition coefficient (Wildman–Crippen LogP) is 4.40. The van der Waals surface area contributed by atoms with Crippen molar-refractivity contribution in [3.8, 4) is 0 Å². The molecule has 0 aliphatic heterocycles. The first-order valence-electron chi connectivity index (χ1n) is 6.93. The molecule has 0 saturated carbocycles. The summed E-state index contributed by atoms with van der Waals surface area (Å²) >= 11 is 8.25. The molecule has 0 aromatic heterocycles. The van der Waals surface area contributed by atoms with Gasteiger partial charge in [0, 0.05) is 5.69 Å². The number of nitrogens with one attached hydrogen (secondary N) is 1. The summed E-state index contributed by atoms with van der Waals surface area (Å²) in [6.45, 7) is 3.98. The molecule has 1 aromatic rings. The molecule has 1 rings (SSSR count). The molecular formula is C15H20BrFN2OS. The quantitative estimate of drug-likeness (QED) is 0.695. The minimum absolute atomic E-state index is 0.213. The van der Waals surface area contributed by atoms with Gasteiger partial charge in [-0.15, -0.1) is 0 Å². The Hall–Kier alpha value is -1.01. The number of anilines is 1. The van der Waals surface area contributed by atoms with Crippen molar-refractivity contribution in [3.63, 3.8) is 0 Å². The highest BCUT2D eigenvalue weighted by atomic mass is 79.9. The predicted molar refractivity (Wildman–Crippen MR) is 91.8 cm³/mol. The van der Waals surface area contributed by atoms with Crippen molar-refractivity contribution < 1.29 is 9.18 Å². The lowest BCUT2D eigenvalue weighted by Gasteiger charge is -2.31. The van der Waals surface area contributed by atoms with E-state index in [-0.39, 0.29) is 16.7 Å². The van der Waals surface area contributed by atoms with Gasteiger partial charge in [0.2, 0.25) is 5.91 Å². The van der Waals surface area contributed by atoms with Gasteiger partial charge in [-0.3, -0.25) is 4.79 Å². The van der Waals surface area contributed by atoms with Gasteiger partial charge in [0.25, 0.3) is 0 Å². The molecule has 1 amide bonds. The molecule has 21 heavy (non-hydrogen) atoms. The van der Waals surface area contributed by atoms with E-state index in [9.17, 15) is 9.18 Å². The van der Waals surface area contributed by atoms with Crippen LogP contribution in [0.5, 0.6) is 0 Å². The van der Waals surface area contributed by atoms with Gasteiger partial charge in [-0.05, 0) is 47.0 Å². The van der Waals surface area contributed by atoms with E-state index >= 15 is 0 Å². The molecular weight excluding hydrogens is 355 g/mol. The summed E-state index contributed by atoms with van der Waals surface area (Å²) in [6.07, 6.45) is 2.81. The van der Waals surface area contributed by atoms with Crippen LogP contribution in [0.4, 0.5) is 10.1 Å². The zero-order chi connectivity index (χ0) is 16.0.